The van der Waals surface area contributed by atoms with E-state index >= 15 is 0 Å². The Bertz CT molecular complexity index is 1120. The number of piperazine rings is 1. The highest BCUT2D eigenvalue weighted by molar-refractivity contribution is 7.80. The number of ether oxygens (including phenoxy) is 1. The molecule has 0 saturated carbocycles. The van der Waals surface area contributed by atoms with Crippen molar-refractivity contribution in [3.8, 4) is 0 Å². The van der Waals surface area contributed by atoms with E-state index in [-0.39, 0.29) is 24.8 Å². The van der Waals surface area contributed by atoms with Gasteiger partial charge in [0.25, 0.3) is 5.91 Å². The first-order chi connectivity index (χ1) is 17.9. The molecule has 0 radical (unpaired) electrons. The van der Waals surface area contributed by atoms with E-state index in [0.717, 1.165) is 32.7 Å². The number of thiocarbonyl (C=S) groups is 1. The molecule has 2 heterocycles. The summed E-state index contributed by atoms with van der Waals surface area (Å²) < 4.78 is 5.05. The zero-order chi connectivity index (χ0) is 26.4. The molecule has 2 aliphatic rings. The third kappa shape index (κ3) is 6.51. The van der Waals surface area contributed by atoms with Crippen LogP contribution in [0.2, 0.25) is 0 Å². The van der Waals surface area contributed by atoms with Crippen LogP contribution in [0.4, 0.5) is 11.4 Å². The molecular weight excluding hydrogens is 490 g/mol. The van der Waals surface area contributed by atoms with Gasteiger partial charge in [0.2, 0.25) is 5.91 Å². The van der Waals surface area contributed by atoms with Gasteiger partial charge in [0.15, 0.2) is 5.11 Å². The number of carbonyl (C=O) groups excluding carboxylic acids is 3. The van der Waals surface area contributed by atoms with Crippen LogP contribution in [0, 0.1) is 0 Å². The third-order valence-corrected chi connectivity index (χ3v) is 7.06. The van der Waals surface area contributed by atoms with Crippen LogP contribution in [-0.2, 0) is 14.3 Å². The summed E-state index contributed by atoms with van der Waals surface area (Å²) in [4.78, 5) is 46.6. The Morgan fingerprint density at radius 3 is 2.32 bits per heavy atom. The van der Waals surface area contributed by atoms with Gasteiger partial charge in [0, 0.05) is 45.0 Å². The number of nitrogens with one attached hydrogen (secondary N) is 1. The topological polar surface area (TPSA) is 85.4 Å². The second-order valence-electron chi connectivity index (χ2n) is 9.20. The zero-order valence-corrected chi connectivity index (χ0v) is 22.1. The fourth-order valence-electron chi connectivity index (χ4n) is 4.52. The Balaban J connectivity index is 1.51. The van der Waals surface area contributed by atoms with Gasteiger partial charge in [-0.2, -0.15) is 0 Å². The minimum absolute atomic E-state index is 0.0198. The average Bonchev–Trinajstić information content (AvgIpc) is 3.12. The van der Waals surface area contributed by atoms with Crippen molar-refractivity contribution in [1.82, 2.24) is 14.7 Å². The largest absolute Gasteiger partial charge is 0.462 e. The molecule has 196 valence electrons. The SMILES string of the molecule is CCOC(=O)c1ccc(N2C(=O)C(CC(=O)Nc3ccccc3)N(CCN3CCN(C)CC3)C2=S)cc1. The first-order valence-corrected chi connectivity index (χ1v) is 13.0. The predicted octanol–water partition coefficient (Wildman–Crippen LogP) is 2.44. The normalized spacial score (nSPS) is 18.8. The molecule has 2 amide bonds. The summed E-state index contributed by atoms with van der Waals surface area (Å²) in [5.41, 5.74) is 1.63. The van der Waals surface area contributed by atoms with E-state index in [2.05, 4.69) is 22.2 Å². The Labute approximate surface area is 222 Å². The fraction of sp³-hybridized carbons (Fsp3) is 0.407. The number of esters is 1. The summed E-state index contributed by atoms with van der Waals surface area (Å²) in [7, 11) is 2.11. The molecule has 0 aliphatic carbocycles. The van der Waals surface area contributed by atoms with Crippen molar-refractivity contribution in [2.45, 2.75) is 19.4 Å². The second-order valence-corrected chi connectivity index (χ2v) is 9.56. The molecule has 0 aromatic heterocycles. The molecule has 0 bridgehead atoms. The maximum atomic E-state index is 13.6. The van der Waals surface area contributed by atoms with E-state index in [4.69, 9.17) is 17.0 Å². The van der Waals surface area contributed by atoms with Gasteiger partial charge in [-0.25, -0.2) is 4.79 Å². The lowest BCUT2D eigenvalue weighted by atomic mass is 10.1. The van der Waals surface area contributed by atoms with Gasteiger partial charge in [0.1, 0.15) is 6.04 Å². The van der Waals surface area contributed by atoms with Crippen LogP contribution in [0.5, 0.6) is 0 Å². The summed E-state index contributed by atoms with van der Waals surface area (Å²) in [5.74, 6) is -0.930. The molecule has 2 aliphatic heterocycles. The van der Waals surface area contributed by atoms with Crippen molar-refractivity contribution in [3.63, 3.8) is 0 Å². The summed E-state index contributed by atoms with van der Waals surface area (Å²) in [5, 5.41) is 3.24. The van der Waals surface area contributed by atoms with Crippen LogP contribution < -0.4 is 10.2 Å². The Morgan fingerprint density at radius 1 is 1.00 bits per heavy atom. The molecule has 2 saturated heterocycles. The molecule has 1 atom stereocenters. The van der Waals surface area contributed by atoms with Gasteiger partial charge in [-0.05, 0) is 62.6 Å². The Hall–Kier alpha value is -3.34. The van der Waals surface area contributed by atoms with E-state index in [0.29, 0.717) is 28.6 Å². The first-order valence-electron chi connectivity index (χ1n) is 12.5. The summed E-state index contributed by atoms with van der Waals surface area (Å²) in [6.45, 7) is 7.19. The van der Waals surface area contributed by atoms with Gasteiger partial charge in [0.05, 0.1) is 24.3 Å². The molecule has 0 spiro atoms. The molecule has 2 fully saturated rings. The number of carbonyl (C=O) groups is 3. The number of benzene rings is 2. The lowest BCUT2D eigenvalue weighted by Gasteiger charge is -2.34. The quantitative estimate of drug-likeness (QED) is 0.396. The molecule has 4 rings (SSSR count). The smallest absolute Gasteiger partial charge is 0.338 e. The molecule has 9 nitrogen and oxygen atoms in total. The third-order valence-electron chi connectivity index (χ3n) is 6.64. The van der Waals surface area contributed by atoms with Gasteiger partial charge in [-0.15, -0.1) is 0 Å². The molecule has 10 heteroatoms. The Morgan fingerprint density at radius 2 is 1.68 bits per heavy atom. The number of likely N-dealkylation sites (N-methyl/N-ethyl adjacent to an activating group) is 1. The van der Waals surface area contributed by atoms with Gasteiger partial charge >= 0.3 is 5.97 Å². The van der Waals surface area contributed by atoms with Crippen molar-refractivity contribution >= 4 is 46.5 Å². The molecule has 1 N–H and O–H groups in total. The number of amides is 2. The van der Waals surface area contributed by atoms with E-state index in [1.807, 2.05) is 35.2 Å². The first kappa shape index (κ1) is 26.7. The number of rotatable bonds is 9. The number of hydrogen-bond acceptors (Lipinski definition) is 7. The maximum absolute atomic E-state index is 13.6. The van der Waals surface area contributed by atoms with Crippen LogP contribution in [0.3, 0.4) is 0 Å². The molecule has 1 unspecified atom stereocenters. The van der Waals surface area contributed by atoms with Crippen LogP contribution in [0.25, 0.3) is 0 Å². The monoisotopic (exact) mass is 523 g/mol. The molecule has 2 aromatic carbocycles. The van der Waals surface area contributed by atoms with Crippen molar-refractivity contribution in [2.75, 3.05) is 63.1 Å². The van der Waals surface area contributed by atoms with Crippen LogP contribution in [-0.4, -0.2) is 96.6 Å². The van der Waals surface area contributed by atoms with Crippen molar-refractivity contribution < 1.29 is 19.1 Å². The number of anilines is 2. The van der Waals surface area contributed by atoms with Crippen molar-refractivity contribution in [3.05, 3.63) is 60.2 Å². The average molecular weight is 524 g/mol. The van der Waals surface area contributed by atoms with E-state index < -0.39 is 12.0 Å². The fourth-order valence-corrected chi connectivity index (χ4v) is 4.93. The lowest BCUT2D eigenvalue weighted by molar-refractivity contribution is -0.124. The van der Waals surface area contributed by atoms with Crippen molar-refractivity contribution in [2.24, 2.45) is 0 Å². The van der Waals surface area contributed by atoms with Gasteiger partial charge in [-0.1, -0.05) is 18.2 Å². The van der Waals surface area contributed by atoms with Crippen molar-refractivity contribution in [1.29, 1.82) is 0 Å². The molecule has 37 heavy (non-hydrogen) atoms. The van der Waals surface area contributed by atoms with E-state index in [1.165, 1.54) is 4.90 Å². The predicted molar refractivity (Wildman–Crippen MR) is 147 cm³/mol. The zero-order valence-electron chi connectivity index (χ0n) is 21.3. The van der Waals surface area contributed by atoms with Crippen LogP contribution >= 0.6 is 12.2 Å². The summed E-state index contributed by atoms with van der Waals surface area (Å²) in [6, 6.07) is 15.1. The second kappa shape index (κ2) is 12.3. The number of hydrogen-bond donors (Lipinski definition) is 1. The lowest BCUT2D eigenvalue weighted by Crippen LogP contribution is -2.48. The summed E-state index contributed by atoms with van der Waals surface area (Å²) in [6.07, 6.45) is -0.0198. The summed E-state index contributed by atoms with van der Waals surface area (Å²) >= 11 is 5.77. The minimum atomic E-state index is -0.714. The van der Waals surface area contributed by atoms with E-state index in [1.54, 1.807) is 31.2 Å². The Kier molecular flexibility index (Phi) is 8.86. The molecule has 2 aromatic rings. The van der Waals surface area contributed by atoms with Gasteiger partial charge in [-0.3, -0.25) is 19.4 Å². The highest BCUT2D eigenvalue weighted by atomic mass is 32.1. The number of nitrogens with zero attached hydrogens (tertiary/aromatic N) is 4. The van der Waals surface area contributed by atoms with Crippen LogP contribution in [0.1, 0.15) is 23.7 Å². The minimum Gasteiger partial charge on any atom is -0.462 e. The van der Waals surface area contributed by atoms with Crippen LogP contribution in [0.15, 0.2) is 54.6 Å². The van der Waals surface area contributed by atoms with Gasteiger partial charge < -0.3 is 19.9 Å². The highest BCUT2D eigenvalue weighted by Gasteiger charge is 2.44. The standard InChI is InChI=1S/C27H33N5O4S/c1-3-36-26(35)20-9-11-22(12-10-20)32-25(34)23(19-24(33)28-21-7-5-4-6-8-21)31(27(32)37)18-17-30-15-13-29(2)14-16-30/h4-12,23H,3,13-19H2,1-2H3,(H,28,33). The van der Waals surface area contributed by atoms with E-state index in [9.17, 15) is 14.4 Å². The highest BCUT2D eigenvalue weighted by Crippen LogP contribution is 2.28. The molecular formula is C27H33N5O4S. The number of para-hydroxylation sites is 1. The maximum Gasteiger partial charge on any atom is 0.338 e.